The minimum Gasteiger partial charge on any atom is -0.421 e. The lowest BCUT2D eigenvalue weighted by Crippen LogP contribution is -2.48. The van der Waals surface area contributed by atoms with Crippen LogP contribution in [0.25, 0.3) is 11.5 Å². The fourth-order valence-corrected chi connectivity index (χ4v) is 2.16. The van der Waals surface area contributed by atoms with Crippen LogP contribution < -0.4 is 11.1 Å². The number of nitrogens with zero attached hydrogens (tertiary/aromatic N) is 2. The number of benzene rings is 1. The zero-order chi connectivity index (χ0) is 17.0. The molecular formula is C16H20N4O3. The molecule has 1 heterocycles. The summed E-state index contributed by atoms with van der Waals surface area (Å²) >= 11 is 0. The predicted octanol–water partition coefficient (Wildman–Crippen LogP) is 1.67. The van der Waals surface area contributed by atoms with Gasteiger partial charge in [-0.2, -0.15) is 0 Å². The highest BCUT2D eigenvalue weighted by atomic mass is 16.4. The lowest BCUT2D eigenvalue weighted by Gasteiger charge is -2.21. The zero-order valence-electron chi connectivity index (χ0n) is 13.4. The molecule has 2 amide bonds. The second-order valence-electron chi connectivity index (χ2n) is 5.45. The molecule has 1 aromatic heterocycles. The summed E-state index contributed by atoms with van der Waals surface area (Å²) in [6.07, 6.45) is 0.731. The van der Waals surface area contributed by atoms with E-state index in [1.54, 1.807) is 31.2 Å². The molecule has 3 N–H and O–H groups in total. The first-order valence-corrected chi connectivity index (χ1v) is 7.43. The second-order valence-corrected chi connectivity index (χ2v) is 5.45. The van der Waals surface area contributed by atoms with Gasteiger partial charge in [-0.15, -0.1) is 10.2 Å². The van der Waals surface area contributed by atoms with E-state index >= 15 is 0 Å². The Morgan fingerprint density at radius 1 is 1.35 bits per heavy atom. The highest BCUT2D eigenvalue weighted by molar-refractivity contribution is 5.98. The first kappa shape index (κ1) is 16.7. The van der Waals surface area contributed by atoms with Crippen molar-refractivity contribution in [3.05, 3.63) is 35.7 Å². The van der Waals surface area contributed by atoms with Gasteiger partial charge in [-0.05, 0) is 24.1 Å². The Morgan fingerprint density at radius 2 is 2.09 bits per heavy atom. The van der Waals surface area contributed by atoms with E-state index in [1.165, 1.54) is 0 Å². The molecule has 7 nitrogen and oxygen atoms in total. The van der Waals surface area contributed by atoms with Gasteiger partial charge in [0.15, 0.2) is 0 Å². The number of aryl methyl sites for hydroxylation is 1. The normalized spacial score (nSPS) is 13.3. The van der Waals surface area contributed by atoms with Crippen molar-refractivity contribution in [2.75, 3.05) is 0 Å². The molecule has 0 aliphatic carbocycles. The van der Waals surface area contributed by atoms with Crippen LogP contribution in [0.4, 0.5) is 0 Å². The van der Waals surface area contributed by atoms with E-state index in [9.17, 15) is 9.59 Å². The fraction of sp³-hybridized carbons (Fsp3) is 0.375. The summed E-state index contributed by atoms with van der Waals surface area (Å²) in [6, 6.07) is 6.06. The van der Waals surface area contributed by atoms with Crippen molar-refractivity contribution in [2.45, 2.75) is 33.2 Å². The molecule has 122 valence electrons. The molecule has 0 bridgehead atoms. The maximum Gasteiger partial charge on any atom is 0.251 e. The molecule has 7 heteroatoms. The first-order chi connectivity index (χ1) is 10.9. The number of carbonyl (C=O) groups is 2. The predicted molar refractivity (Wildman–Crippen MR) is 84.4 cm³/mol. The Morgan fingerprint density at radius 3 is 2.65 bits per heavy atom. The highest BCUT2D eigenvalue weighted by Gasteiger charge is 2.24. The van der Waals surface area contributed by atoms with Crippen LogP contribution in [-0.4, -0.2) is 28.1 Å². The number of aromatic nitrogens is 2. The van der Waals surface area contributed by atoms with Gasteiger partial charge in [0.1, 0.15) is 6.04 Å². The quantitative estimate of drug-likeness (QED) is 0.842. The number of amides is 2. The Kier molecular flexibility index (Phi) is 5.10. The molecule has 0 aliphatic heterocycles. The maximum absolute atomic E-state index is 12.4. The average molecular weight is 316 g/mol. The second kappa shape index (κ2) is 7.04. The third-order valence-corrected chi connectivity index (χ3v) is 3.70. The van der Waals surface area contributed by atoms with Gasteiger partial charge in [-0.1, -0.05) is 26.3 Å². The number of primary amides is 1. The van der Waals surface area contributed by atoms with Crippen LogP contribution >= 0.6 is 0 Å². The monoisotopic (exact) mass is 316 g/mol. The van der Waals surface area contributed by atoms with E-state index < -0.39 is 11.9 Å². The summed E-state index contributed by atoms with van der Waals surface area (Å²) in [7, 11) is 0. The van der Waals surface area contributed by atoms with Gasteiger partial charge in [0.25, 0.3) is 5.91 Å². The van der Waals surface area contributed by atoms with E-state index in [0.29, 0.717) is 22.9 Å². The average Bonchev–Trinajstić information content (AvgIpc) is 2.98. The molecule has 2 rings (SSSR count). The van der Waals surface area contributed by atoms with Crippen LogP contribution in [-0.2, 0) is 4.79 Å². The van der Waals surface area contributed by atoms with E-state index in [2.05, 4.69) is 15.5 Å². The van der Waals surface area contributed by atoms with E-state index in [1.807, 2.05) is 13.8 Å². The molecule has 0 radical (unpaired) electrons. The Bertz CT molecular complexity index is 711. The Hall–Kier alpha value is -2.70. The Labute approximate surface area is 134 Å². The standard InChI is InChI=1S/C16H20N4O3/c1-4-9(2)13(14(17)21)18-15(22)11-6-5-7-12(8-11)16-20-19-10(3)23-16/h5-9,13H,4H2,1-3H3,(H2,17,21)(H,18,22)/t9-,13-/m0/s1. The lowest BCUT2D eigenvalue weighted by molar-refractivity contribution is -0.120. The molecule has 2 aromatic rings. The SMILES string of the molecule is CC[C@H](C)[C@H](NC(=O)c1cccc(-c2nnc(C)o2)c1)C(N)=O. The lowest BCUT2D eigenvalue weighted by atomic mass is 9.98. The molecule has 1 aromatic carbocycles. The summed E-state index contributed by atoms with van der Waals surface area (Å²) in [5, 5.41) is 10.4. The van der Waals surface area contributed by atoms with Crippen molar-refractivity contribution in [2.24, 2.45) is 11.7 Å². The minimum absolute atomic E-state index is 0.0433. The topological polar surface area (TPSA) is 111 Å². The van der Waals surface area contributed by atoms with Gasteiger partial charge in [-0.25, -0.2) is 0 Å². The molecule has 0 fully saturated rings. The van der Waals surface area contributed by atoms with Crippen LogP contribution in [0.5, 0.6) is 0 Å². The minimum atomic E-state index is -0.707. The first-order valence-electron chi connectivity index (χ1n) is 7.43. The highest BCUT2D eigenvalue weighted by Crippen LogP contribution is 2.19. The Balaban J connectivity index is 2.21. The summed E-state index contributed by atoms with van der Waals surface area (Å²) < 4.78 is 5.35. The summed E-state index contributed by atoms with van der Waals surface area (Å²) in [5.41, 5.74) is 6.41. The molecule has 0 aliphatic rings. The molecule has 0 saturated heterocycles. The van der Waals surface area contributed by atoms with Crippen molar-refractivity contribution in [1.29, 1.82) is 0 Å². The van der Waals surface area contributed by atoms with E-state index in [0.717, 1.165) is 6.42 Å². The van der Waals surface area contributed by atoms with Gasteiger partial charge >= 0.3 is 0 Å². The largest absolute Gasteiger partial charge is 0.421 e. The van der Waals surface area contributed by atoms with Crippen LogP contribution in [0.2, 0.25) is 0 Å². The van der Waals surface area contributed by atoms with Gasteiger partial charge in [0.05, 0.1) is 0 Å². The van der Waals surface area contributed by atoms with E-state index in [4.69, 9.17) is 10.2 Å². The van der Waals surface area contributed by atoms with Crippen molar-refractivity contribution in [1.82, 2.24) is 15.5 Å². The maximum atomic E-state index is 12.4. The van der Waals surface area contributed by atoms with Gasteiger partial charge in [-0.3, -0.25) is 9.59 Å². The van der Waals surface area contributed by atoms with Crippen LogP contribution in [0, 0.1) is 12.8 Å². The molecular weight excluding hydrogens is 296 g/mol. The van der Waals surface area contributed by atoms with Crippen molar-refractivity contribution in [3.63, 3.8) is 0 Å². The van der Waals surface area contributed by atoms with Gasteiger partial charge in [0, 0.05) is 18.1 Å². The smallest absolute Gasteiger partial charge is 0.251 e. The number of nitrogens with two attached hydrogens (primary N) is 1. The van der Waals surface area contributed by atoms with Crippen LogP contribution in [0.3, 0.4) is 0 Å². The van der Waals surface area contributed by atoms with Crippen molar-refractivity contribution < 1.29 is 14.0 Å². The molecule has 0 spiro atoms. The molecule has 0 unspecified atom stereocenters. The molecule has 2 atom stereocenters. The van der Waals surface area contributed by atoms with Crippen LogP contribution in [0.15, 0.2) is 28.7 Å². The van der Waals surface area contributed by atoms with Gasteiger partial charge in [0.2, 0.25) is 17.7 Å². The number of rotatable bonds is 6. The summed E-state index contributed by atoms with van der Waals surface area (Å²) in [6.45, 7) is 5.50. The molecule has 0 saturated carbocycles. The number of hydrogen-bond donors (Lipinski definition) is 2. The fourth-order valence-electron chi connectivity index (χ4n) is 2.16. The van der Waals surface area contributed by atoms with Crippen LogP contribution in [0.1, 0.15) is 36.5 Å². The molecule has 23 heavy (non-hydrogen) atoms. The number of hydrogen-bond acceptors (Lipinski definition) is 5. The summed E-state index contributed by atoms with van der Waals surface area (Å²) in [5.74, 6) is -0.173. The number of carbonyl (C=O) groups excluding carboxylic acids is 2. The zero-order valence-corrected chi connectivity index (χ0v) is 13.4. The van der Waals surface area contributed by atoms with E-state index in [-0.39, 0.29) is 11.8 Å². The van der Waals surface area contributed by atoms with Crippen molar-refractivity contribution in [3.8, 4) is 11.5 Å². The third kappa shape index (κ3) is 3.94. The summed E-state index contributed by atoms with van der Waals surface area (Å²) in [4.78, 5) is 23.9. The number of nitrogens with one attached hydrogen (secondary N) is 1. The third-order valence-electron chi connectivity index (χ3n) is 3.70. The van der Waals surface area contributed by atoms with Gasteiger partial charge < -0.3 is 15.5 Å². The van der Waals surface area contributed by atoms with Crippen molar-refractivity contribution >= 4 is 11.8 Å².